The van der Waals surface area contributed by atoms with E-state index in [-0.39, 0.29) is 17.7 Å². The molecule has 0 saturated carbocycles. The number of hydrogen-bond donors (Lipinski definition) is 4. The molecule has 0 radical (unpaired) electrons. The van der Waals surface area contributed by atoms with Crippen LogP contribution in [-0.4, -0.2) is 29.6 Å². The molecule has 3 amide bonds. The molecule has 0 atom stereocenters. The van der Waals surface area contributed by atoms with Gasteiger partial charge in [0, 0.05) is 13.0 Å². The first-order valence-electron chi connectivity index (χ1n) is 6.26. The number of unbranched alkanes of at least 4 members (excludes halogenated alkanes) is 1. The van der Waals surface area contributed by atoms with Crippen LogP contribution >= 0.6 is 0 Å². The number of halogens is 1. The van der Waals surface area contributed by atoms with Crippen molar-refractivity contribution in [1.82, 2.24) is 5.32 Å². The summed E-state index contributed by atoms with van der Waals surface area (Å²) in [5, 5.41) is 13.4. The van der Waals surface area contributed by atoms with Crippen LogP contribution < -0.4 is 16.4 Å². The quantitative estimate of drug-likeness (QED) is 0.567. The van der Waals surface area contributed by atoms with E-state index in [4.69, 9.17) is 10.8 Å². The van der Waals surface area contributed by atoms with Crippen LogP contribution in [0.2, 0.25) is 0 Å². The van der Waals surface area contributed by atoms with Crippen LogP contribution in [0.15, 0.2) is 18.2 Å². The number of nitrogens with two attached hydrogens (primary N) is 1. The van der Waals surface area contributed by atoms with Crippen LogP contribution in [0.1, 0.15) is 29.6 Å². The minimum absolute atomic E-state index is 0.116. The van der Waals surface area contributed by atoms with Crippen molar-refractivity contribution in [2.24, 2.45) is 5.73 Å². The number of benzene rings is 1. The van der Waals surface area contributed by atoms with Gasteiger partial charge in [0.15, 0.2) is 0 Å². The van der Waals surface area contributed by atoms with E-state index in [1.165, 1.54) is 12.1 Å². The van der Waals surface area contributed by atoms with E-state index in [9.17, 15) is 18.8 Å². The van der Waals surface area contributed by atoms with Gasteiger partial charge in [0.1, 0.15) is 5.82 Å². The number of primary amides is 1. The predicted molar refractivity (Wildman–Crippen MR) is 73.4 cm³/mol. The number of carboxylic acids is 1. The van der Waals surface area contributed by atoms with Crippen molar-refractivity contribution >= 4 is 23.6 Å². The fourth-order valence-electron chi connectivity index (χ4n) is 1.54. The van der Waals surface area contributed by atoms with Gasteiger partial charge in [-0.25, -0.2) is 14.0 Å². The molecule has 0 unspecified atom stereocenters. The first-order valence-corrected chi connectivity index (χ1v) is 6.26. The molecule has 8 heteroatoms. The van der Waals surface area contributed by atoms with E-state index < -0.39 is 23.7 Å². The SMILES string of the molecule is NC(=O)CCCCNC(=O)Nc1ccc(C(=O)O)cc1F. The van der Waals surface area contributed by atoms with E-state index in [1.54, 1.807) is 0 Å². The largest absolute Gasteiger partial charge is 0.478 e. The number of aromatic carboxylic acids is 1. The molecule has 0 heterocycles. The number of urea groups is 1. The van der Waals surface area contributed by atoms with E-state index in [1.807, 2.05) is 0 Å². The van der Waals surface area contributed by atoms with Gasteiger partial charge < -0.3 is 21.5 Å². The molecule has 1 aromatic rings. The lowest BCUT2D eigenvalue weighted by Gasteiger charge is -2.08. The highest BCUT2D eigenvalue weighted by atomic mass is 19.1. The third-order valence-corrected chi connectivity index (χ3v) is 2.60. The molecular formula is C13H16FN3O4. The molecule has 0 fully saturated rings. The maximum Gasteiger partial charge on any atom is 0.335 e. The van der Waals surface area contributed by atoms with Crippen LogP contribution in [0, 0.1) is 5.82 Å². The fraction of sp³-hybridized carbons (Fsp3) is 0.308. The number of carbonyl (C=O) groups is 3. The van der Waals surface area contributed by atoms with Crippen molar-refractivity contribution in [3.05, 3.63) is 29.6 Å². The number of nitrogens with one attached hydrogen (secondary N) is 2. The molecular weight excluding hydrogens is 281 g/mol. The first-order chi connectivity index (χ1) is 9.90. The van der Waals surface area contributed by atoms with Gasteiger partial charge in [-0.1, -0.05) is 0 Å². The molecule has 1 rings (SSSR count). The summed E-state index contributed by atoms with van der Waals surface area (Å²) in [6.45, 7) is 0.313. The summed E-state index contributed by atoms with van der Waals surface area (Å²) in [5.41, 5.74) is 4.64. The minimum Gasteiger partial charge on any atom is -0.478 e. The molecule has 0 spiro atoms. The molecule has 114 valence electrons. The van der Waals surface area contributed by atoms with Gasteiger partial charge in [-0.05, 0) is 31.0 Å². The van der Waals surface area contributed by atoms with Crippen LogP contribution in [-0.2, 0) is 4.79 Å². The Morgan fingerprint density at radius 2 is 1.95 bits per heavy atom. The highest BCUT2D eigenvalue weighted by molar-refractivity contribution is 5.91. The number of rotatable bonds is 7. The standard InChI is InChI=1S/C13H16FN3O4/c14-9-7-8(12(19)20)4-5-10(9)17-13(21)16-6-2-1-3-11(15)18/h4-5,7H,1-3,6H2,(H2,15,18)(H,19,20)(H2,16,17,21). The third-order valence-electron chi connectivity index (χ3n) is 2.60. The Balaban J connectivity index is 2.41. The average Bonchev–Trinajstić information content (AvgIpc) is 2.40. The molecule has 7 nitrogen and oxygen atoms in total. The lowest BCUT2D eigenvalue weighted by molar-refractivity contribution is -0.118. The molecule has 0 saturated heterocycles. The van der Waals surface area contributed by atoms with E-state index in [2.05, 4.69) is 10.6 Å². The van der Waals surface area contributed by atoms with Crippen molar-refractivity contribution in [2.45, 2.75) is 19.3 Å². The Kier molecular flexibility index (Phi) is 6.12. The summed E-state index contributed by atoms with van der Waals surface area (Å²) in [6, 6.07) is 2.57. The van der Waals surface area contributed by atoms with Gasteiger partial charge in [-0.2, -0.15) is 0 Å². The Labute approximate surface area is 120 Å². The number of anilines is 1. The van der Waals surface area contributed by atoms with E-state index in [0.717, 1.165) is 6.07 Å². The summed E-state index contributed by atoms with van der Waals surface area (Å²) in [4.78, 5) is 32.6. The van der Waals surface area contributed by atoms with Gasteiger partial charge in [0.25, 0.3) is 0 Å². The normalized spacial score (nSPS) is 9.95. The summed E-state index contributed by atoms with van der Waals surface area (Å²) in [5.74, 6) is -2.49. The van der Waals surface area contributed by atoms with Crippen molar-refractivity contribution < 1.29 is 23.9 Å². The molecule has 0 aliphatic heterocycles. The number of hydrogen-bond acceptors (Lipinski definition) is 3. The molecule has 0 aliphatic rings. The Hall–Kier alpha value is -2.64. The van der Waals surface area contributed by atoms with Crippen molar-refractivity contribution in [1.29, 1.82) is 0 Å². The zero-order valence-corrected chi connectivity index (χ0v) is 11.2. The molecule has 5 N–H and O–H groups in total. The summed E-state index contributed by atoms with van der Waals surface area (Å²) < 4.78 is 13.5. The smallest absolute Gasteiger partial charge is 0.335 e. The zero-order chi connectivity index (χ0) is 15.8. The number of amides is 3. The second-order valence-corrected chi connectivity index (χ2v) is 4.30. The van der Waals surface area contributed by atoms with Crippen LogP contribution in [0.5, 0.6) is 0 Å². The average molecular weight is 297 g/mol. The van der Waals surface area contributed by atoms with Crippen molar-refractivity contribution in [3.63, 3.8) is 0 Å². The third kappa shape index (κ3) is 5.89. The van der Waals surface area contributed by atoms with Gasteiger partial charge in [0.05, 0.1) is 11.3 Å². The molecule has 1 aromatic carbocycles. The maximum atomic E-state index is 13.5. The Morgan fingerprint density at radius 3 is 2.52 bits per heavy atom. The Morgan fingerprint density at radius 1 is 1.24 bits per heavy atom. The summed E-state index contributed by atoms with van der Waals surface area (Å²) >= 11 is 0. The van der Waals surface area contributed by atoms with Gasteiger partial charge in [0.2, 0.25) is 5.91 Å². The topological polar surface area (TPSA) is 122 Å². The monoisotopic (exact) mass is 297 g/mol. The Bertz CT molecular complexity index is 548. The van der Waals surface area contributed by atoms with Crippen LogP contribution in [0.4, 0.5) is 14.9 Å². The van der Waals surface area contributed by atoms with Gasteiger partial charge >= 0.3 is 12.0 Å². The van der Waals surface area contributed by atoms with E-state index in [0.29, 0.717) is 19.4 Å². The lowest BCUT2D eigenvalue weighted by Crippen LogP contribution is -2.30. The highest BCUT2D eigenvalue weighted by Crippen LogP contribution is 2.15. The first kappa shape index (κ1) is 16.4. The molecule has 0 bridgehead atoms. The number of carbonyl (C=O) groups excluding carboxylic acids is 2. The second kappa shape index (κ2) is 7.83. The predicted octanol–water partition coefficient (Wildman–Crippen LogP) is 1.30. The van der Waals surface area contributed by atoms with Crippen LogP contribution in [0.3, 0.4) is 0 Å². The molecule has 0 aromatic heterocycles. The lowest BCUT2D eigenvalue weighted by atomic mass is 10.2. The highest BCUT2D eigenvalue weighted by Gasteiger charge is 2.10. The molecule has 21 heavy (non-hydrogen) atoms. The maximum absolute atomic E-state index is 13.5. The number of carboxylic acid groups (broad SMARTS) is 1. The van der Waals surface area contributed by atoms with Gasteiger partial charge in [-0.3, -0.25) is 4.79 Å². The van der Waals surface area contributed by atoms with Crippen molar-refractivity contribution in [3.8, 4) is 0 Å². The van der Waals surface area contributed by atoms with Crippen molar-refractivity contribution in [2.75, 3.05) is 11.9 Å². The van der Waals surface area contributed by atoms with E-state index >= 15 is 0 Å². The second-order valence-electron chi connectivity index (χ2n) is 4.30. The molecule has 0 aliphatic carbocycles. The summed E-state index contributed by atoms with van der Waals surface area (Å²) in [7, 11) is 0. The van der Waals surface area contributed by atoms with Crippen LogP contribution in [0.25, 0.3) is 0 Å². The fourth-order valence-corrected chi connectivity index (χ4v) is 1.54. The van der Waals surface area contributed by atoms with Gasteiger partial charge in [-0.15, -0.1) is 0 Å². The summed E-state index contributed by atoms with van der Waals surface area (Å²) in [6.07, 6.45) is 1.36. The zero-order valence-electron chi connectivity index (χ0n) is 11.2. The minimum atomic E-state index is -1.25.